The zero-order chi connectivity index (χ0) is 22.9. The van der Waals surface area contributed by atoms with Crippen molar-refractivity contribution in [2.45, 2.75) is 39.0 Å². The van der Waals surface area contributed by atoms with Crippen molar-refractivity contribution in [1.82, 2.24) is 29.6 Å². The summed E-state index contributed by atoms with van der Waals surface area (Å²) in [6, 6.07) is 5.12. The molecule has 0 N–H and O–H groups in total. The Morgan fingerprint density at radius 2 is 1.91 bits per heavy atom. The summed E-state index contributed by atoms with van der Waals surface area (Å²) in [7, 11) is 4.03. The standard InChI is InChI=1S/C22H23F3N6O/c1-4-5-8-31-13-15(12-30(2)3)16-10-18(27-11-19(16)31)17-9-14(6-7-26-17)20-28-21(32-29-20)22(23,24)25/h6-7,9-11,13H,4-5,8,12H2,1-3H3. The third kappa shape index (κ3) is 4.50. The van der Waals surface area contributed by atoms with E-state index in [1.54, 1.807) is 6.07 Å². The topological polar surface area (TPSA) is 72.9 Å². The Labute approximate surface area is 182 Å². The van der Waals surface area contributed by atoms with Gasteiger partial charge in [-0.25, -0.2) is 0 Å². The van der Waals surface area contributed by atoms with Gasteiger partial charge in [0.1, 0.15) is 0 Å². The first-order valence-electron chi connectivity index (χ1n) is 10.3. The summed E-state index contributed by atoms with van der Waals surface area (Å²) in [4.78, 5) is 14.5. The third-order valence-corrected chi connectivity index (χ3v) is 5.04. The Morgan fingerprint density at radius 1 is 1.12 bits per heavy atom. The fraction of sp³-hybridized carbons (Fsp3) is 0.364. The molecule has 0 atom stereocenters. The minimum absolute atomic E-state index is 0.152. The van der Waals surface area contributed by atoms with Crippen molar-refractivity contribution >= 4 is 10.9 Å². The highest BCUT2D eigenvalue weighted by atomic mass is 19.4. The zero-order valence-corrected chi connectivity index (χ0v) is 18.0. The fourth-order valence-corrected chi connectivity index (χ4v) is 3.55. The minimum atomic E-state index is -4.69. The summed E-state index contributed by atoms with van der Waals surface area (Å²) in [5.74, 6) is -1.53. The molecule has 0 radical (unpaired) electrons. The van der Waals surface area contributed by atoms with E-state index >= 15 is 0 Å². The van der Waals surface area contributed by atoms with Crippen LogP contribution in [0, 0.1) is 0 Å². The molecule has 0 aromatic carbocycles. The lowest BCUT2D eigenvalue weighted by Gasteiger charge is -2.08. The molecule has 0 aliphatic rings. The zero-order valence-electron chi connectivity index (χ0n) is 18.0. The number of pyridine rings is 2. The van der Waals surface area contributed by atoms with Crippen LogP contribution in [0.25, 0.3) is 33.7 Å². The number of hydrogen-bond donors (Lipinski definition) is 0. The van der Waals surface area contributed by atoms with Crippen molar-refractivity contribution in [3.05, 3.63) is 48.2 Å². The van der Waals surface area contributed by atoms with Crippen molar-refractivity contribution < 1.29 is 17.7 Å². The highest BCUT2D eigenvalue weighted by Gasteiger charge is 2.38. The van der Waals surface area contributed by atoms with E-state index in [9.17, 15) is 13.2 Å². The van der Waals surface area contributed by atoms with Crippen LogP contribution in [0.2, 0.25) is 0 Å². The monoisotopic (exact) mass is 444 g/mol. The van der Waals surface area contributed by atoms with Gasteiger partial charge in [0.15, 0.2) is 0 Å². The van der Waals surface area contributed by atoms with Gasteiger partial charge in [-0.05, 0) is 44.3 Å². The molecule has 0 saturated heterocycles. The molecule has 4 aromatic rings. The summed E-state index contributed by atoms with van der Waals surface area (Å²) in [5.41, 5.74) is 3.72. The first-order valence-corrected chi connectivity index (χ1v) is 10.3. The molecule has 0 aliphatic carbocycles. The molecule has 32 heavy (non-hydrogen) atoms. The van der Waals surface area contributed by atoms with Gasteiger partial charge in [0.05, 0.1) is 23.1 Å². The molecular weight excluding hydrogens is 421 g/mol. The summed E-state index contributed by atoms with van der Waals surface area (Å²) in [6.07, 6.45) is 2.95. The van der Waals surface area contributed by atoms with E-state index < -0.39 is 12.1 Å². The first kappa shape index (κ1) is 21.9. The van der Waals surface area contributed by atoms with Gasteiger partial charge < -0.3 is 14.0 Å². The van der Waals surface area contributed by atoms with E-state index in [1.807, 2.05) is 26.4 Å². The van der Waals surface area contributed by atoms with E-state index in [4.69, 9.17) is 0 Å². The number of nitrogens with zero attached hydrogens (tertiary/aromatic N) is 6. The highest BCUT2D eigenvalue weighted by Crippen LogP contribution is 2.31. The second kappa shape index (κ2) is 8.70. The van der Waals surface area contributed by atoms with Crippen LogP contribution in [-0.4, -0.2) is 43.7 Å². The molecular formula is C22H23F3N6O. The molecule has 4 rings (SSSR count). The average molecular weight is 444 g/mol. The molecule has 0 bridgehead atoms. The lowest BCUT2D eigenvalue weighted by Crippen LogP contribution is -2.10. The summed E-state index contributed by atoms with van der Waals surface area (Å²) >= 11 is 0. The maximum atomic E-state index is 12.8. The molecule has 4 heterocycles. The predicted molar refractivity (Wildman–Crippen MR) is 114 cm³/mol. The molecule has 10 heteroatoms. The molecule has 0 unspecified atom stereocenters. The fourth-order valence-electron chi connectivity index (χ4n) is 3.55. The van der Waals surface area contributed by atoms with Gasteiger partial charge in [0.2, 0.25) is 5.82 Å². The largest absolute Gasteiger partial charge is 0.471 e. The molecule has 0 saturated carbocycles. The normalized spacial score (nSPS) is 12.2. The van der Waals surface area contributed by atoms with Gasteiger partial charge in [-0.3, -0.25) is 9.97 Å². The van der Waals surface area contributed by atoms with Gasteiger partial charge >= 0.3 is 12.1 Å². The van der Waals surface area contributed by atoms with Gasteiger partial charge in [-0.1, -0.05) is 18.5 Å². The Balaban J connectivity index is 1.73. The van der Waals surface area contributed by atoms with Gasteiger partial charge in [-0.15, -0.1) is 0 Å². The lowest BCUT2D eigenvalue weighted by molar-refractivity contribution is -0.159. The maximum Gasteiger partial charge on any atom is 0.471 e. The Bertz CT molecular complexity index is 1230. The smallest absolute Gasteiger partial charge is 0.346 e. The molecule has 7 nitrogen and oxygen atoms in total. The van der Waals surface area contributed by atoms with Crippen LogP contribution in [0.3, 0.4) is 0 Å². The molecule has 0 fully saturated rings. The number of rotatable bonds is 7. The van der Waals surface area contributed by atoms with Gasteiger partial charge in [0.25, 0.3) is 0 Å². The second-order valence-electron chi connectivity index (χ2n) is 7.88. The van der Waals surface area contributed by atoms with Crippen LogP contribution in [0.4, 0.5) is 13.2 Å². The lowest BCUT2D eigenvalue weighted by atomic mass is 10.1. The third-order valence-electron chi connectivity index (χ3n) is 5.04. The van der Waals surface area contributed by atoms with E-state index in [0.29, 0.717) is 17.0 Å². The molecule has 168 valence electrons. The molecule has 0 aliphatic heterocycles. The van der Waals surface area contributed by atoms with Crippen LogP contribution < -0.4 is 0 Å². The van der Waals surface area contributed by atoms with E-state index in [2.05, 4.69) is 47.2 Å². The number of halogens is 3. The van der Waals surface area contributed by atoms with Gasteiger partial charge in [-0.2, -0.15) is 18.2 Å². The Kier molecular flexibility index (Phi) is 5.96. The second-order valence-corrected chi connectivity index (χ2v) is 7.88. The van der Waals surface area contributed by atoms with Crippen LogP contribution >= 0.6 is 0 Å². The quantitative estimate of drug-likeness (QED) is 0.398. The highest BCUT2D eigenvalue weighted by molar-refractivity contribution is 5.86. The number of unbranched alkanes of at least 4 members (excludes halogenated alkanes) is 1. The van der Waals surface area contributed by atoms with Crippen LogP contribution in [0.5, 0.6) is 0 Å². The molecule has 4 aromatic heterocycles. The van der Waals surface area contributed by atoms with Crippen LogP contribution in [-0.2, 0) is 19.3 Å². The molecule has 0 amide bonds. The first-order chi connectivity index (χ1) is 15.3. The van der Waals surface area contributed by atoms with Crippen molar-refractivity contribution in [2.75, 3.05) is 14.1 Å². The van der Waals surface area contributed by atoms with E-state index in [0.717, 1.165) is 36.8 Å². The van der Waals surface area contributed by atoms with E-state index in [1.165, 1.54) is 17.8 Å². The Morgan fingerprint density at radius 3 is 2.59 bits per heavy atom. The Hall–Kier alpha value is -3.27. The summed E-state index contributed by atoms with van der Waals surface area (Å²) < 4.78 is 44.9. The van der Waals surface area contributed by atoms with Crippen molar-refractivity contribution in [2.24, 2.45) is 0 Å². The van der Waals surface area contributed by atoms with Crippen LogP contribution in [0.15, 0.2) is 41.3 Å². The number of fused-ring (bicyclic) bond motifs is 1. The van der Waals surface area contributed by atoms with Crippen molar-refractivity contribution in [3.8, 4) is 22.8 Å². The molecule has 0 spiro atoms. The summed E-state index contributed by atoms with van der Waals surface area (Å²) in [5, 5.41) is 4.53. The summed E-state index contributed by atoms with van der Waals surface area (Å²) in [6.45, 7) is 3.84. The SMILES string of the molecule is CCCCn1cc(CN(C)C)c2cc(-c3cc(-c4noc(C(F)(F)F)n4)ccn3)ncc21. The number of alkyl halides is 3. The minimum Gasteiger partial charge on any atom is -0.346 e. The number of aryl methyl sites for hydroxylation is 1. The number of hydrogen-bond acceptors (Lipinski definition) is 6. The predicted octanol–water partition coefficient (Wildman–Crippen LogP) is 5.03. The van der Waals surface area contributed by atoms with Crippen molar-refractivity contribution in [3.63, 3.8) is 0 Å². The van der Waals surface area contributed by atoms with E-state index in [-0.39, 0.29) is 5.82 Å². The average Bonchev–Trinajstić information content (AvgIpc) is 3.38. The maximum absolute atomic E-state index is 12.8. The number of aromatic nitrogens is 5. The van der Waals surface area contributed by atoms with Crippen molar-refractivity contribution in [1.29, 1.82) is 0 Å². The van der Waals surface area contributed by atoms with Gasteiger partial charge in [0, 0.05) is 36.4 Å². The van der Waals surface area contributed by atoms with Crippen LogP contribution in [0.1, 0.15) is 31.2 Å².